The van der Waals surface area contributed by atoms with Crippen LogP contribution in [0.5, 0.6) is 0 Å². The molecule has 1 saturated heterocycles. The number of hydrogen-bond acceptors (Lipinski definition) is 2. The van der Waals surface area contributed by atoms with Gasteiger partial charge in [-0.05, 0) is 50.7 Å². The highest BCUT2D eigenvalue weighted by Crippen LogP contribution is 2.13. The molecule has 118 valence electrons. The van der Waals surface area contributed by atoms with Gasteiger partial charge in [0.25, 0.3) is 0 Å². The number of likely N-dealkylation sites (N-methyl/N-ethyl adjacent to an activating group) is 1. The van der Waals surface area contributed by atoms with E-state index in [0.29, 0.717) is 12.1 Å². The Morgan fingerprint density at radius 1 is 1.10 bits per heavy atom. The molecule has 0 radical (unpaired) electrons. The SMILES string of the molecule is CCN(CCN1CCCCCC1)Cc1cc(F)ccc1F. The van der Waals surface area contributed by atoms with Gasteiger partial charge in [0.15, 0.2) is 0 Å². The quantitative estimate of drug-likeness (QED) is 0.790. The van der Waals surface area contributed by atoms with Crippen molar-refractivity contribution in [1.82, 2.24) is 9.80 Å². The lowest BCUT2D eigenvalue weighted by atomic mass is 10.2. The van der Waals surface area contributed by atoms with E-state index in [9.17, 15) is 8.78 Å². The zero-order chi connectivity index (χ0) is 15.1. The topological polar surface area (TPSA) is 6.48 Å². The fraction of sp³-hybridized carbons (Fsp3) is 0.647. The van der Waals surface area contributed by atoms with Crippen molar-refractivity contribution in [2.45, 2.75) is 39.2 Å². The minimum Gasteiger partial charge on any atom is -0.302 e. The molecule has 0 aromatic heterocycles. The van der Waals surface area contributed by atoms with E-state index in [-0.39, 0.29) is 11.6 Å². The van der Waals surface area contributed by atoms with Gasteiger partial charge in [0, 0.05) is 25.2 Å². The summed E-state index contributed by atoms with van der Waals surface area (Å²) in [5.74, 6) is -0.681. The maximum atomic E-state index is 13.7. The lowest BCUT2D eigenvalue weighted by molar-refractivity contribution is 0.206. The summed E-state index contributed by atoms with van der Waals surface area (Å²) in [6.45, 7) is 7.67. The molecule has 0 bridgehead atoms. The Morgan fingerprint density at radius 2 is 1.81 bits per heavy atom. The van der Waals surface area contributed by atoms with Crippen molar-refractivity contribution < 1.29 is 8.78 Å². The molecule has 1 aromatic carbocycles. The number of rotatable bonds is 6. The molecule has 1 aliphatic heterocycles. The van der Waals surface area contributed by atoms with E-state index in [1.807, 2.05) is 0 Å². The Morgan fingerprint density at radius 3 is 2.48 bits per heavy atom. The largest absolute Gasteiger partial charge is 0.302 e. The molecule has 0 unspecified atom stereocenters. The van der Waals surface area contributed by atoms with E-state index in [4.69, 9.17) is 0 Å². The number of likely N-dealkylation sites (tertiary alicyclic amines) is 1. The lowest BCUT2D eigenvalue weighted by Crippen LogP contribution is -2.35. The average Bonchev–Trinajstić information content (AvgIpc) is 2.75. The number of benzene rings is 1. The van der Waals surface area contributed by atoms with Crippen molar-refractivity contribution in [3.63, 3.8) is 0 Å². The van der Waals surface area contributed by atoms with Crippen molar-refractivity contribution in [3.8, 4) is 0 Å². The summed E-state index contributed by atoms with van der Waals surface area (Å²) in [6.07, 6.45) is 5.24. The third-order valence-electron chi connectivity index (χ3n) is 4.28. The first kappa shape index (κ1) is 16.4. The molecule has 0 aliphatic carbocycles. The zero-order valence-electron chi connectivity index (χ0n) is 13.0. The molecule has 0 atom stereocenters. The standard InChI is InChI=1S/C17H26F2N2/c1-2-20(11-12-21-9-5-3-4-6-10-21)14-15-13-16(18)7-8-17(15)19/h7-8,13H,2-6,9-12,14H2,1H3. The second-order valence-electron chi connectivity index (χ2n) is 5.86. The van der Waals surface area contributed by atoms with Crippen LogP contribution in [-0.2, 0) is 6.54 Å². The van der Waals surface area contributed by atoms with Crippen molar-refractivity contribution in [2.75, 3.05) is 32.7 Å². The van der Waals surface area contributed by atoms with Crippen molar-refractivity contribution in [3.05, 3.63) is 35.4 Å². The highest BCUT2D eigenvalue weighted by atomic mass is 19.1. The summed E-state index contributed by atoms with van der Waals surface area (Å²) in [5, 5.41) is 0. The Kier molecular flexibility index (Phi) is 6.58. The average molecular weight is 296 g/mol. The first-order chi connectivity index (χ1) is 10.2. The predicted molar refractivity (Wildman–Crippen MR) is 82.2 cm³/mol. The van der Waals surface area contributed by atoms with Gasteiger partial charge < -0.3 is 4.90 Å². The minimum absolute atomic E-state index is 0.315. The van der Waals surface area contributed by atoms with Crippen LogP contribution in [0, 0.1) is 11.6 Å². The molecule has 4 heteroatoms. The van der Waals surface area contributed by atoms with E-state index < -0.39 is 0 Å². The summed E-state index contributed by atoms with van der Waals surface area (Å²) in [6, 6.07) is 3.70. The summed E-state index contributed by atoms with van der Waals surface area (Å²) < 4.78 is 26.9. The lowest BCUT2D eigenvalue weighted by Gasteiger charge is -2.26. The Bertz CT molecular complexity index is 429. The molecular weight excluding hydrogens is 270 g/mol. The van der Waals surface area contributed by atoms with Gasteiger partial charge in [0.2, 0.25) is 0 Å². The van der Waals surface area contributed by atoms with Crippen LogP contribution < -0.4 is 0 Å². The molecule has 1 aromatic rings. The van der Waals surface area contributed by atoms with Gasteiger partial charge in [-0.15, -0.1) is 0 Å². The first-order valence-electron chi connectivity index (χ1n) is 8.07. The van der Waals surface area contributed by atoms with E-state index in [2.05, 4.69) is 16.7 Å². The molecular formula is C17H26F2N2. The maximum absolute atomic E-state index is 13.7. The summed E-state index contributed by atoms with van der Waals surface area (Å²) in [7, 11) is 0. The molecule has 0 amide bonds. The molecule has 1 fully saturated rings. The van der Waals surface area contributed by atoms with Crippen LogP contribution in [0.4, 0.5) is 8.78 Å². The Labute approximate surface area is 126 Å². The van der Waals surface area contributed by atoms with Crippen molar-refractivity contribution in [1.29, 1.82) is 0 Å². The minimum atomic E-state index is -0.366. The molecule has 0 saturated carbocycles. The fourth-order valence-electron chi connectivity index (χ4n) is 2.90. The smallest absolute Gasteiger partial charge is 0.127 e. The molecule has 1 heterocycles. The van der Waals surface area contributed by atoms with Crippen LogP contribution in [0.25, 0.3) is 0 Å². The highest BCUT2D eigenvalue weighted by Gasteiger charge is 2.12. The van der Waals surface area contributed by atoms with Crippen LogP contribution >= 0.6 is 0 Å². The first-order valence-corrected chi connectivity index (χ1v) is 8.07. The maximum Gasteiger partial charge on any atom is 0.127 e. The zero-order valence-corrected chi connectivity index (χ0v) is 13.0. The number of halogens is 2. The van der Waals surface area contributed by atoms with Gasteiger partial charge in [-0.1, -0.05) is 19.8 Å². The van der Waals surface area contributed by atoms with Crippen LogP contribution in [0.1, 0.15) is 38.2 Å². The van der Waals surface area contributed by atoms with Crippen LogP contribution in [0.2, 0.25) is 0 Å². The van der Waals surface area contributed by atoms with E-state index in [0.717, 1.165) is 19.6 Å². The molecule has 2 nitrogen and oxygen atoms in total. The Hall–Kier alpha value is -1.00. The van der Waals surface area contributed by atoms with Crippen LogP contribution in [-0.4, -0.2) is 42.5 Å². The predicted octanol–water partition coefficient (Wildman–Crippen LogP) is 3.66. The van der Waals surface area contributed by atoms with E-state index in [1.54, 1.807) is 0 Å². The number of hydrogen-bond donors (Lipinski definition) is 0. The second-order valence-corrected chi connectivity index (χ2v) is 5.86. The monoisotopic (exact) mass is 296 g/mol. The van der Waals surface area contributed by atoms with Crippen molar-refractivity contribution >= 4 is 0 Å². The van der Waals surface area contributed by atoms with Crippen molar-refractivity contribution in [2.24, 2.45) is 0 Å². The second kappa shape index (κ2) is 8.44. The highest BCUT2D eigenvalue weighted by molar-refractivity contribution is 5.18. The van der Waals surface area contributed by atoms with Crippen LogP contribution in [0.3, 0.4) is 0 Å². The molecule has 1 aliphatic rings. The molecule has 0 N–H and O–H groups in total. The van der Waals surface area contributed by atoms with E-state index >= 15 is 0 Å². The Balaban J connectivity index is 1.86. The number of nitrogens with zero attached hydrogens (tertiary/aromatic N) is 2. The van der Waals surface area contributed by atoms with Gasteiger partial charge in [0.1, 0.15) is 11.6 Å². The van der Waals surface area contributed by atoms with Gasteiger partial charge in [0.05, 0.1) is 0 Å². The van der Waals surface area contributed by atoms with Gasteiger partial charge in [-0.25, -0.2) is 8.78 Å². The molecule has 2 rings (SSSR count). The molecule has 0 spiro atoms. The summed E-state index contributed by atoms with van der Waals surface area (Å²) in [4.78, 5) is 4.68. The van der Waals surface area contributed by atoms with E-state index in [1.165, 1.54) is 57.0 Å². The van der Waals surface area contributed by atoms with Gasteiger partial charge in [-0.3, -0.25) is 4.90 Å². The third kappa shape index (κ3) is 5.36. The van der Waals surface area contributed by atoms with Gasteiger partial charge in [-0.2, -0.15) is 0 Å². The summed E-state index contributed by atoms with van der Waals surface area (Å²) in [5.41, 5.74) is 0.452. The van der Waals surface area contributed by atoms with Gasteiger partial charge >= 0.3 is 0 Å². The van der Waals surface area contributed by atoms with Crippen LogP contribution in [0.15, 0.2) is 18.2 Å². The fourth-order valence-corrected chi connectivity index (χ4v) is 2.90. The normalized spacial score (nSPS) is 17.1. The summed E-state index contributed by atoms with van der Waals surface area (Å²) >= 11 is 0. The third-order valence-corrected chi connectivity index (χ3v) is 4.28. The molecule has 21 heavy (non-hydrogen) atoms.